The summed E-state index contributed by atoms with van der Waals surface area (Å²) in [6.45, 7) is -0.253. The lowest BCUT2D eigenvalue weighted by atomic mass is 10.2. The van der Waals surface area contributed by atoms with Crippen LogP contribution in [0, 0.1) is 0 Å². The van der Waals surface area contributed by atoms with Crippen LogP contribution in [0.15, 0.2) is 75.4 Å². The van der Waals surface area contributed by atoms with Crippen LogP contribution >= 0.6 is 11.3 Å². The highest BCUT2D eigenvalue weighted by Crippen LogP contribution is 2.25. The van der Waals surface area contributed by atoms with Crippen LogP contribution in [0.25, 0.3) is 10.8 Å². The van der Waals surface area contributed by atoms with Gasteiger partial charge in [-0.2, -0.15) is 0 Å². The molecule has 11 heteroatoms. The van der Waals surface area contributed by atoms with Crippen molar-refractivity contribution >= 4 is 33.0 Å². The van der Waals surface area contributed by atoms with Crippen molar-refractivity contribution < 1.29 is 27.1 Å². The zero-order valence-electron chi connectivity index (χ0n) is 16.7. The molecule has 2 heterocycles. The third-order valence-corrected chi connectivity index (χ3v) is 6.53. The summed E-state index contributed by atoms with van der Waals surface area (Å²) in [5.41, 5.74) is 0.126. The first-order valence-corrected chi connectivity index (χ1v) is 11.6. The van der Waals surface area contributed by atoms with Crippen molar-refractivity contribution in [1.29, 1.82) is 0 Å². The number of hydrogen-bond acceptors (Lipinski definition) is 9. The minimum absolute atomic E-state index is 0.0217. The lowest BCUT2D eigenvalue weighted by Crippen LogP contribution is -2.16. The number of anilines is 1. The number of hydrogen-bond donors (Lipinski definition) is 1. The highest BCUT2D eigenvalue weighted by Gasteiger charge is 2.20. The largest absolute Gasteiger partial charge is 0.497 e. The molecule has 2 aromatic carbocycles. The Hall–Kier alpha value is -3.70. The average Bonchev–Trinajstić information content (AvgIpc) is 3.50. The number of nitrogens with one attached hydrogen (secondary N) is 1. The van der Waals surface area contributed by atoms with Gasteiger partial charge in [0.25, 0.3) is 21.8 Å². The molecule has 2 aromatic heterocycles. The monoisotopic (exact) mass is 471 g/mol. The van der Waals surface area contributed by atoms with Crippen molar-refractivity contribution in [3.63, 3.8) is 0 Å². The van der Waals surface area contributed by atoms with Crippen molar-refractivity contribution in [3.05, 3.63) is 77.5 Å². The molecule has 0 atom stereocenters. The molecule has 0 aliphatic heterocycles. The Bertz CT molecular complexity index is 1320. The Morgan fingerprint density at radius 1 is 1.06 bits per heavy atom. The number of benzene rings is 2. The van der Waals surface area contributed by atoms with Crippen LogP contribution in [-0.4, -0.2) is 31.7 Å². The van der Waals surface area contributed by atoms with Gasteiger partial charge >= 0.3 is 5.97 Å². The maximum atomic E-state index is 12.7. The van der Waals surface area contributed by atoms with Gasteiger partial charge in [0, 0.05) is 0 Å². The number of nitrogens with zero attached hydrogens (tertiary/aromatic N) is 2. The van der Waals surface area contributed by atoms with E-state index in [1.807, 2.05) is 17.5 Å². The molecule has 1 N–H and O–H groups in total. The number of ether oxygens (including phenoxy) is 2. The first-order valence-electron chi connectivity index (χ1n) is 9.25. The average molecular weight is 472 g/mol. The summed E-state index contributed by atoms with van der Waals surface area (Å²) in [5, 5.41) is 9.67. The molecule has 0 amide bonds. The molecule has 0 spiro atoms. The molecular weight excluding hydrogens is 454 g/mol. The molecule has 9 nitrogen and oxygen atoms in total. The maximum Gasteiger partial charge on any atom is 0.340 e. The fraction of sp³-hybridized carbons (Fsp3) is 0.0952. The van der Waals surface area contributed by atoms with Gasteiger partial charge in [0.1, 0.15) is 5.75 Å². The van der Waals surface area contributed by atoms with E-state index in [0.29, 0.717) is 11.6 Å². The van der Waals surface area contributed by atoms with Crippen molar-refractivity contribution in [3.8, 4) is 16.5 Å². The number of para-hydroxylation sites is 1. The van der Waals surface area contributed by atoms with E-state index >= 15 is 0 Å². The van der Waals surface area contributed by atoms with E-state index in [4.69, 9.17) is 13.9 Å². The molecular formula is C21H17N3O6S2. The molecule has 164 valence electrons. The van der Waals surface area contributed by atoms with Crippen LogP contribution in [0.1, 0.15) is 16.2 Å². The maximum absolute atomic E-state index is 12.7. The van der Waals surface area contributed by atoms with E-state index in [1.165, 1.54) is 54.8 Å². The molecule has 32 heavy (non-hydrogen) atoms. The molecule has 0 aliphatic rings. The van der Waals surface area contributed by atoms with Gasteiger partial charge in [0.05, 0.1) is 28.1 Å². The Kier molecular flexibility index (Phi) is 6.19. The van der Waals surface area contributed by atoms with Crippen molar-refractivity contribution in [2.75, 3.05) is 11.8 Å². The third kappa shape index (κ3) is 4.79. The Labute approximate surface area is 187 Å². The number of thiophene rings is 1. The van der Waals surface area contributed by atoms with Gasteiger partial charge < -0.3 is 13.9 Å². The zero-order chi connectivity index (χ0) is 22.6. The highest BCUT2D eigenvalue weighted by molar-refractivity contribution is 7.92. The molecule has 0 bridgehead atoms. The summed E-state index contributed by atoms with van der Waals surface area (Å²) >= 11 is 1.44. The summed E-state index contributed by atoms with van der Waals surface area (Å²) in [5.74, 6) is 0.238. The Morgan fingerprint density at radius 3 is 2.56 bits per heavy atom. The second-order valence-corrected chi connectivity index (χ2v) is 9.01. The normalized spacial score (nSPS) is 11.2. The van der Waals surface area contributed by atoms with E-state index < -0.39 is 16.0 Å². The number of sulfonamides is 1. The molecule has 0 radical (unpaired) electrons. The van der Waals surface area contributed by atoms with Gasteiger partial charge in [-0.1, -0.05) is 18.2 Å². The Balaban J connectivity index is 1.47. The molecule has 0 unspecified atom stereocenters. The highest BCUT2D eigenvalue weighted by atomic mass is 32.2. The molecule has 4 rings (SSSR count). The first-order chi connectivity index (χ1) is 15.5. The van der Waals surface area contributed by atoms with Gasteiger partial charge in [-0.15, -0.1) is 21.5 Å². The predicted octanol–water partition coefficient (Wildman–Crippen LogP) is 3.96. The summed E-state index contributed by atoms with van der Waals surface area (Å²) in [4.78, 5) is 13.4. The van der Waals surface area contributed by atoms with Crippen LogP contribution in [-0.2, 0) is 21.4 Å². The molecule has 0 fully saturated rings. The number of aromatic nitrogens is 2. The van der Waals surface area contributed by atoms with E-state index in [-0.39, 0.29) is 28.6 Å². The number of carbonyl (C=O) groups is 1. The standard InChI is InChI=1S/C21H17N3O6S2/c1-28-14-8-10-15(11-9-14)32(26,27)24-17-6-3-2-5-16(17)21(25)29-13-19-22-23-20(30-19)18-7-4-12-31-18/h2-12,24H,13H2,1H3. The summed E-state index contributed by atoms with van der Waals surface area (Å²) < 4.78 is 43.7. The molecule has 4 aromatic rings. The van der Waals surface area contributed by atoms with Gasteiger partial charge in [-0.05, 0) is 47.8 Å². The lowest BCUT2D eigenvalue weighted by Gasteiger charge is -2.12. The van der Waals surface area contributed by atoms with Crippen molar-refractivity contribution in [1.82, 2.24) is 10.2 Å². The number of carbonyl (C=O) groups excluding carboxylic acids is 1. The van der Waals surface area contributed by atoms with E-state index in [0.717, 1.165) is 4.88 Å². The van der Waals surface area contributed by atoms with Gasteiger partial charge in [0.2, 0.25) is 0 Å². The second-order valence-electron chi connectivity index (χ2n) is 6.38. The van der Waals surface area contributed by atoms with Gasteiger partial charge in [0.15, 0.2) is 6.61 Å². The van der Waals surface area contributed by atoms with Crippen molar-refractivity contribution in [2.24, 2.45) is 0 Å². The van der Waals surface area contributed by atoms with E-state index in [9.17, 15) is 13.2 Å². The lowest BCUT2D eigenvalue weighted by molar-refractivity contribution is 0.0440. The smallest absolute Gasteiger partial charge is 0.340 e. The molecule has 0 aliphatic carbocycles. The first kappa shape index (κ1) is 21.5. The molecule has 0 saturated carbocycles. The predicted molar refractivity (Wildman–Crippen MR) is 117 cm³/mol. The summed E-state index contributed by atoms with van der Waals surface area (Å²) in [6, 6.07) is 15.7. The minimum atomic E-state index is -3.94. The van der Waals surface area contributed by atoms with Crippen LogP contribution < -0.4 is 9.46 Å². The summed E-state index contributed by atoms with van der Waals surface area (Å²) in [6.07, 6.45) is 0. The van der Waals surface area contributed by atoms with Gasteiger partial charge in [-0.25, -0.2) is 13.2 Å². The Morgan fingerprint density at radius 2 is 1.84 bits per heavy atom. The van der Waals surface area contributed by atoms with Crippen LogP contribution in [0.3, 0.4) is 0 Å². The number of rotatable bonds is 8. The topological polar surface area (TPSA) is 121 Å². The van der Waals surface area contributed by atoms with Crippen LogP contribution in [0.2, 0.25) is 0 Å². The molecule has 0 saturated heterocycles. The van der Waals surface area contributed by atoms with Crippen LogP contribution in [0.5, 0.6) is 5.75 Å². The zero-order valence-corrected chi connectivity index (χ0v) is 18.4. The SMILES string of the molecule is COc1ccc(S(=O)(=O)Nc2ccccc2C(=O)OCc2nnc(-c3cccs3)o2)cc1. The number of esters is 1. The fourth-order valence-corrected chi connectivity index (χ4v) is 4.45. The van der Waals surface area contributed by atoms with Crippen LogP contribution in [0.4, 0.5) is 5.69 Å². The number of methoxy groups -OCH3 is 1. The minimum Gasteiger partial charge on any atom is -0.497 e. The van der Waals surface area contributed by atoms with Crippen molar-refractivity contribution in [2.45, 2.75) is 11.5 Å². The fourth-order valence-electron chi connectivity index (χ4n) is 2.73. The van der Waals surface area contributed by atoms with Gasteiger partial charge in [-0.3, -0.25) is 4.72 Å². The second kappa shape index (κ2) is 9.20. The van der Waals surface area contributed by atoms with E-state index in [2.05, 4.69) is 14.9 Å². The summed E-state index contributed by atoms with van der Waals surface area (Å²) in [7, 11) is -2.45. The van der Waals surface area contributed by atoms with E-state index in [1.54, 1.807) is 12.1 Å². The third-order valence-electron chi connectivity index (χ3n) is 4.29. The quantitative estimate of drug-likeness (QED) is 0.383.